The van der Waals surface area contributed by atoms with E-state index in [1.54, 1.807) is 12.1 Å². The summed E-state index contributed by atoms with van der Waals surface area (Å²) in [6, 6.07) is 5.24. The molecule has 1 saturated heterocycles. The summed E-state index contributed by atoms with van der Waals surface area (Å²) in [5, 5.41) is 17.2. The summed E-state index contributed by atoms with van der Waals surface area (Å²) in [5.74, 6) is 0. The number of halogens is 2. The standard InChI is InChI=1S/C16H17Cl2N3O3/c1-10-2-3-11(4-12(10)17)21-15(23)14(18)13(5-20-21)19-6-16(7-22)8-24-9-16/h2-5,19,22H,6-9H2,1H3. The zero-order valence-electron chi connectivity index (χ0n) is 13.1. The highest BCUT2D eigenvalue weighted by Gasteiger charge is 2.38. The van der Waals surface area contributed by atoms with Crippen LogP contribution in [0.2, 0.25) is 10.0 Å². The first-order valence-corrected chi connectivity index (χ1v) is 8.18. The topological polar surface area (TPSA) is 76.4 Å². The van der Waals surface area contributed by atoms with Crippen molar-refractivity contribution >= 4 is 28.9 Å². The summed E-state index contributed by atoms with van der Waals surface area (Å²) in [7, 11) is 0. The third-order valence-corrected chi connectivity index (χ3v) is 4.90. The van der Waals surface area contributed by atoms with E-state index in [1.165, 1.54) is 10.9 Å². The highest BCUT2D eigenvalue weighted by Crippen LogP contribution is 2.28. The van der Waals surface area contributed by atoms with Gasteiger partial charge in [0.05, 0.1) is 42.8 Å². The lowest BCUT2D eigenvalue weighted by molar-refractivity contribution is -0.128. The summed E-state index contributed by atoms with van der Waals surface area (Å²) in [6.45, 7) is 3.28. The number of aliphatic hydroxyl groups is 1. The number of ether oxygens (including phenoxy) is 1. The molecule has 0 spiro atoms. The summed E-state index contributed by atoms with van der Waals surface area (Å²) in [6.07, 6.45) is 1.49. The van der Waals surface area contributed by atoms with Crippen molar-refractivity contribution in [3.63, 3.8) is 0 Å². The van der Waals surface area contributed by atoms with Crippen molar-refractivity contribution < 1.29 is 9.84 Å². The second-order valence-corrected chi connectivity index (χ2v) is 6.81. The van der Waals surface area contributed by atoms with E-state index in [4.69, 9.17) is 27.9 Å². The number of nitrogens with one attached hydrogen (secondary N) is 1. The molecule has 0 bridgehead atoms. The Morgan fingerprint density at radius 3 is 2.75 bits per heavy atom. The third-order valence-electron chi connectivity index (χ3n) is 4.12. The highest BCUT2D eigenvalue weighted by molar-refractivity contribution is 6.33. The van der Waals surface area contributed by atoms with Crippen LogP contribution in [-0.4, -0.2) is 41.3 Å². The van der Waals surface area contributed by atoms with Crippen LogP contribution in [-0.2, 0) is 4.74 Å². The molecule has 1 aromatic carbocycles. The quantitative estimate of drug-likeness (QED) is 0.845. The molecule has 128 valence electrons. The van der Waals surface area contributed by atoms with Crippen LogP contribution >= 0.6 is 23.2 Å². The molecule has 2 N–H and O–H groups in total. The van der Waals surface area contributed by atoms with Gasteiger partial charge in [-0.1, -0.05) is 29.3 Å². The van der Waals surface area contributed by atoms with Gasteiger partial charge in [0, 0.05) is 11.6 Å². The van der Waals surface area contributed by atoms with Gasteiger partial charge >= 0.3 is 0 Å². The van der Waals surface area contributed by atoms with Gasteiger partial charge in [-0.3, -0.25) is 4.79 Å². The molecule has 0 saturated carbocycles. The maximum atomic E-state index is 12.5. The fourth-order valence-corrected chi connectivity index (χ4v) is 2.75. The maximum Gasteiger partial charge on any atom is 0.292 e. The van der Waals surface area contributed by atoms with Crippen LogP contribution in [0.15, 0.2) is 29.2 Å². The molecule has 1 aromatic heterocycles. The molecule has 0 radical (unpaired) electrons. The Morgan fingerprint density at radius 1 is 1.42 bits per heavy atom. The number of hydrogen-bond donors (Lipinski definition) is 2. The Balaban J connectivity index is 1.86. The van der Waals surface area contributed by atoms with Gasteiger partial charge in [-0.25, -0.2) is 0 Å². The van der Waals surface area contributed by atoms with E-state index in [9.17, 15) is 9.90 Å². The van der Waals surface area contributed by atoms with Gasteiger partial charge in [-0.15, -0.1) is 0 Å². The first-order chi connectivity index (χ1) is 11.5. The van der Waals surface area contributed by atoms with Gasteiger partial charge in [-0.2, -0.15) is 9.78 Å². The molecular formula is C16H17Cl2N3O3. The molecule has 0 unspecified atom stereocenters. The SMILES string of the molecule is Cc1ccc(-n2ncc(NCC3(CO)COC3)c(Cl)c2=O)cc1Cl. The zero-order valence-corrected chi connectivity index (χ0v) is 14.6. The van der Waals surface area contributed by atoms with Crippen LogP contribution in [0.5, 0.6) is 0 Å². The number of benzene rings is 1. The van der Waals surface area contributed by atoms with Crippen molar-refractivity contribution in [3.8, 4) is 5.69 Å². The van der Waals surface area contributed by atoms with E-state index in [0.29, 0.717) is 36.2 Å². The van der Waals surface area contributed by atoms with Crippen LogP contribution in [0.4, 0.5) is 5.69 Å². The molecule has 2 aromatic rings. The van der Waals surface area contributed by atoms with E-state index >= 15 is 0 Å². The highest BCUT2D eigenvalue weighted by atomic mass is 35.5. The number of anilines is 1. The number of rotatable bonds is 5. The van der Waals surface area contributed by atoms with E-state index in [2.05, 4.69) is 10.4 Å². The summed E-state index contributed by atoms with van der Waals surface area (Å²) >= 11 is 12.3. The van der Waals surface area contributed by atoms with Crippen LogP contribution < -0.4 is 10.9 Å². The number of nitrogens with zero attached hydrogens (tertiary/aromatic N) is 2. The molecule has 2 heterocycles. The average Bonchev–Trinajstić information content (AvgIpc) is 2.53. The Morgan fingerprint density at radius 2 is 2.17 bits per heavy atom. The van der Waals surface area contributed by atoms with Crippen molar-refractivity contribution in [2.45, 2.75) is 6.92 Å². The summed E-state index contributed by atoms with van der Waals surface area (Å²) in [4.78, 5) is 12.5. The Hall–Kier alpha value is -1.60. The van der Waals surface area contributed by atoms with E-state index in [-0.39, 0.29) is 17.0 Å². The molecule has 1 aliphatic rings. The zero-order chi connectivity index (χ0) is 17.3. The van der Waals surface area contributed by atoms with E-state index in [1.807, 2.05) is 13.0 Å². The molecule has 3 rings (SSSR count). The third kappa shape index (κ3) is 3.15. The molecule has 8 heteroatoms. The van der Waals surface area contributed by atoms with E-state index < -0.39 is 5.56 Å². The van der Waals surface area contributed by atoms with Crippen molar-refractivity contribution in [2.24, 2.45) is 5.41 Å². The van der Waals surface area contributed by atoms with Crippen LogP contribution in [0, 0.1) is 12.3 Å². The Labute approximate surface area is 149 Å². The maximum absolute atomic E-state index is 12.5. The molecule has 0 atom stereocenters. The first-order valence-electron chi connectivity index (χ1n) is 7.43. The molecule has 1 aliphatic heterocycles. The minimum absolute atomic E-state index is 0.00395. The minimum atomic E-state index is -0.440. The smallest absolute Gasteiger partial charge is 0.292 e. The number of hydrogen-bond acceptors (Lipinski definition) is 5. The van der Waals surface area contributed by atoms with Gasteiger partial charge in [0.15, 0.2) is 0 Å². The lowest BCUT2D eigenvalue weighted by Gasteiger charge is -2.40. The summed E-state index contributed by atoms with van der Waals surface area (Å²) in [5.41, 5.74) is 1.11. The fraction of sp³-hybridized carbons (Fsp3) is 0.375. The largest absolute Gasteiger partial charge is 0.396 e. The van der Waals surface area contributed by atoms with E-state index in [0.717, 1.165) is 5.56 Å². The lowest BCUT2D eigenvalue weighted by atomic mass is 9.87. The predicted molar refractivity (Wildman–Crippen MR) is 93.4 cm³/mol. The van der Waals surface area contributed by atoms with Gasteiger partial charge in [0.1, 0.15) is 5.02 Å². The summed E-state index contributed by atoms with van der Waals surface area (Å²) < 4.78 is 6.34. The van der Waals surface area contributed by atoms with Gasteiger partial charge in [0.25, 0.3) is 5.56 Å². The fourth-order valence-electron chi connectivity index (χ4n) is 2.38. The monoisotopic (exact) mass is 369 g/mol. The van der Waals surface area contributed by atoms with Crippen LogP contribution in [0.25, 0.3) is 5.69 Å². The Kier molecular flexibility index (Phi) is 4.83. The average molecular weight is 370 g/mol. The number of aryl methyl sites for hydroxylation is 1. The second kappa shape index (κ2) is 6.72. The molecule has 0 aliphatic carbocycles. The molecule has 24 heavy (non-hydrogen) atoms. The van der Waals surface area contributed by atoms with Gasteiger partial charge in [-0.05, 0) is 24.6 Å². The molecular weight excluding hydrogens is 353 g/mol. The van der Waals surface area contributed by atoms with Crippen molar-refractivity contribution in [3.05, 3.63) is 50.4 Å². The predicted octanol–water partition coefficient (Wildman–Crippen LogP) is 2.27. The number of aliphatic hydroxyl groups excluding tert-OH is 1. The van der Waals surface area contributed by atoms with Crippen molar-refractivity contribution in [2.75, 3.05) is 31.7 Å². The molecule has 0 amide bonds. The first kappa shape index (κ1) is 17.2. The van der Waals surface area contributed by atoms with Gasteiger partial charge in [0.2, 0.25) is 0 Å². The molecule has 6 nitrogen and oxygen atoms in total. The van der Waals surface area contributed by atoms with Crippen LogP contribution in [0.3, 0.4) is 0 Å². The minimum Gasteiger partial charge on any atom is -0.396 e. The van der Waals surface area contributed by atoms with Gasteiger partial charge < -0.3 is 15.2 Å². The second-order valence-electron chi connectivity index (χ2n) is 6.03. The van der Waals surface area contributed by atoms with Crippen molar-refractivity contribution in [1.82, 2.24) is 9.78 Å². The van der Waals surface area contributed by atoms with Crippen molar-refractivity contribution in [1.29, 1.82) is 0 Å². The van der Waals surface area contributed by atoms with Crippen LogP contribution in [0.1, 0.15) is 5.56 Å². The Bertz CT molecular complexity index is 813. The lowest BCUT2D eigenvalue weighted by Crippen LogP contribution is -2.50. The normalized spacial score (nSPS) is 15.8. The number of aromatic nitrogens is 2. The molecule has 1 fully saturated rings.